The third-order valence-corrected chi connectivity index (χ3v) is 4.77. The number of ether oxygens (including phenoxy) is 3. The van der Waals surface area contributed by atoms with Crippen LogP contribution in [0.4, 0.5) is 4.39 Å². The van der Waals surface area contributed by atoms with Crippen LogP contribution in [0.3, 0.4) is 0 Å². The summed E-state index contributed by atoms with van der Waals surface area (Å²) in [6, 6.07) is 12.3. The van der Waals surface area contributed by atoms with Crippen molar-refractivity contribution in [1.82, 2.24) is 10.6 Å². The molecule has 3 rings (SSSR count). The molecule has 0 amide bonds. The summed E-state index contributed by atoms with van der Waals surface area (Å²) in [5, 5.41) is 6.61. The van der Waals surface area contributed by atoms with Gasteiger partial charge in [-0.25, -0.2) is 4.39 Å². The van der Waals surface area contributed by atoms with Crippen LogP contribution in [-0.4, -0.2) is 45.5 Å². The molecule has 1 fully saturated rings. The van der Waals surface area contributed by atoms with Crippen LogP contribution in [-0.2, 0) is 11.3 Å². The smallest absolute Gasteiger partial charge is 0.191 e. The van der Waals surface area contributed by atoms with E-state index in [1.807, 2.05) is 0 Å². The van der Waals surface area contributed by atoms with E-state index in [1.165, 1.54) is 12.1 Å². The lowest BCUT2D eigenvalue weighted by atomic mass is 10.1. The average molecular weight is 543 g/mol. The molecule has 170 valence electrons. The minimum absolute atomic E-state index is 0. The molecule has 1 heterocycles. The Labute approximate surface area is 200 Å². The summed E-state index contributed by atoms with van der Waals surface area (Å²) in [5.74, 6) is 2.00. The summed E-state index contributed by atoms with van der Waals surface area (Å²) in [6.07, 6.45) is 1.83. The number of aryl methyl sites for hydroxylation is 1. The topological polar surface area (TPSA) is 64.1 Å². The zero-order chi connectivity index (χ0) is 21.2. The fourth-order valence-corrected chi connectivity index (χ4v) is 3.10. The molecule has 0 aromatic heterocycles. The molecule has 0 bridgehead atoms. The number of hydrogen-bond acceptors (Lipinski definition) is 4. The van der Waals surface area contributed by atoms with Crippen molar-refractivity contribution in [3.8, 4) is 11.5 Å². The highest BCUT2D eigenvalue weighted by Gasteiger charge is 2.18. The summed E-state index contributed by atoms with van der Waals surface area (Å²) >= 11 is 0. The molecule has 8 heteroatoms. The van der Waals surface area contributed by atoms with Gasteiger partial charge in [0, 0.05) is 32.1 Å². The molecule has 2 aromatic carbocycles. The summed E-state index contributed by atoms with van der Waals surface area (Å²) < 4.78 is 30.1. The predicted octanol–water partition coefficient (Wildman–Crippen LogP) is 4.05. The molecule has 2 N–H and O–H groups in total. The minimum atomic E-state index is -0.266. The van der Waals surface area contributed by atoms with Gasteiger partial charge in [-0.15, -0.1) is 24.0 Å². The fraction of sp³-hybridized carbons (Fsp3) is 0.435. The molecule has 2 aromatic rings. The number of guanidine groups is 1. The van der Waals surface area contributed by atoms with E-state index in [4.69, 9.17) is 14.2 Å². The van der Waals surface area contributed by atoms with Gasteiger partial charge in [0.05, 0.1) is 19.8 Å². The highest BCUT2D eigenvalue weighted by molar-refractivity contribution is 14.0. The van der Waals surface area contributed by atoms with Gasteiger partial charge in [-0.05, 0) is 49.2 Å². The van der Waals surface area contributed by atoms with Crippen molar-refractivity contribution in [2.75, 3.05) is 33.4 Å². The standard InChI is InChI=1S/C23H30FN3O3.HI/c1-17-4-5-18(22(14-17)30-21-10-13-28-16-21)15-27-23(25-2)26-11-3-12-29-20-8-6-19(24)7-9-20;/h4-9,14,21H,3,10-13,15-16H2,1-2H3,(H2,25,26,27);1H. The first kappa shape index (κ1) is 25.2. The van der Waals surface area contributed by atoms with E-state index in [9.17, 15) is 4.39 Å². The van der Waals surface area contributed by atoms with Crippen LogP contribution in [0.2, 0.25) is 0 Å². The van der Waals surface area contributed by atoms with Crippen LogP contribution in [0.1, 0.15) is 24.0 Å². The maximum atomic E-state index is 12.9. The Morgan fingerprint density at radius 1 is 1.19 bits per heavy atom. The first-order valence-corrected chi connectivity index (χ1v) is 10.3. The van der Waals surface area contributed by atoms with Gasteiger partial charge in [-0.1, -0.05) is 12.1 Å². The molecule has 31 heavy (non-hydrogen) atoms. The molecular weight excluding hydrogens is 512 g/mol. The highest BCUT2D eigenvalue weighted by Crippen LogP contribution is 2.23. The number of rotatable bonds is 9. The number of hydrogen-bond donors (Lipinski definition) is 2. The quantitative estimate of drug-likeness (QED) is 0.216. The van der Waals surface area contributed by atoms with Crippen LogP contribution < -0.4 is 20.1 Å². The van der Waals surface area contributed by atoms with E-state index >= 15 is 0 Å². The van der Waals surface area contributed by atoms with Crippen molar-refractivity contribution in [2.24, 2.45) is 4.99 Å². The zero-order valence-electron chi connectivity index (χ0n) is 18.0. The molecule has 1 atom stereocenters. The summed E-state index contributed by atoms with van der Waals surface area (Å²) in [5.41, 5.74) is 2.24. The van der Waals surface area contributed by atoms with E-state index in [-0.39, 0.29) is 35.9 Å². The van der Waals surface area contributed by atoms with Crippen LogP contribution in [0.15, 0.2) is 47.5 Å². The van der Waals surface area contributed by atoms with E-state index in [1.54, 1.807) is 19.2 Å². The van der Waals surface area contributed by atoms with Gasteiger partial charge in [0.1, 0.15) is 23.4 Å². The van der Waals surface area contributed by atoms with Gasteiger partial charge < -0.3 is 24.8 Å². The number of nitrogens with one attached hydrogen (secondary N) is 2. The van der Waals surface area contributed by atoms with Crippen LogP contribution in [0, 0.1) is 12.7 Å². The summed E-state index contributed by atoms with van der Waals surface area (Å²) in [7, 11) is 1.74. The van der Waals surface area contributed by atoms with E-state index in [0.29, 0.717) is 38.0 Å². The molecule has 1 saturated heterocycles. The maximum Gasteiger partial charge on any atom is 0.191 e. The van der Waals surface area contributed by atoms with Crippen molar-refractivity contribution >= 4 is 29.9 Å². The molecule has 0 saturated carbocycles. The Bertz CT molecular complexity index is 827. The van der Waals surface area contributed by atoms with Crippen molar-refractivity contribution in [3.05, 3.63) is 59.4 Å². The molecule has 0 aliphatic carbocycles. The fourth-order valence-electron chi connectivity index (χ4n) is 3.10. The van der Waals surface area contributed by atoms with Crippen LogP contribution >= 0.6 is 24.0 Å². The Hall–Kier alpha value is -2.07. The van der Waals surface area contributed by atoms with Gasteiger partial charge >= 0.3 is 0 Å². The lowest BCUT2D eigenvalue weighted by Crippen LogP contribution is -2.37. The van der Waals surface area contributed by atoms with Crippen LogP contribution in [0.25, 0.3) is 0 Å². The van der Waals surface area contributed by atoms with Crippen LogP contribution in [0.5, 0.6) is 11.5 Å². The summed E-state index contributed by atoms with van der Waals surface area (Å²) in [6.45, 7) is 5.31. The van der Waals surface area contributed by atoms with Gasteiger partial charge in [0.15, 0.2) is 5.96 Å². The second-order valence-corrected chi connectivity index (χ2v) is 7.22. The SMILES string of the molecule is CN=C(NCCCOc1ccc(F)cc1)NCc1ccc(C)cc1OC1CCOC1.I. The van der Waals surface area contributed by atoms with E-state index in [2.05, 4.69) is 40.7 Å². The van der Waals surface area contributed by atoms with E-state index < -0.39 is 0 Å². The molecule has 0 spiro atoms. The molecule has 1 aliphatic rings. The second kappa shape index (κ2) is 13.4. The van der Waals surface area contributed by atoms with Gasteiger partial charge in [0.25, 0.3) is 0 Å². The monoisotopic (exact) mass is 543 g/mol. The van der Waals surface area contributed by atoms with Gasteiger partial charge in [-0.2, -0.15) is 0 Å². The third kappa shape index (κ3) is 8.53. The molecule has 1 aliphatic heterocycles. The zero-order valence-corrected chi connectivity index (χ0v) is 20.4. The minimum Gasteiger partial charge on any atom is -0.494 e. The van der Waals surface area contributed by atoms with E-state index in [0.717, 1.165) is 36.3 Å². The second-order valence-electron chi connectivity index (χ2n) is 7.22. The van der Waals surface area contributed by atoms with Crippen molar-refractivity contribution in [1.29, 1.82) is 0 Å². The normalized spacial score (nSPS) is 15.8. The average Bonchev–Trinajstić information content (AvgIpc) is 3.25. The third-order valence-electron chi connectivity index (χ3n) is 4.77. The molecular formula is C23H31FIN3O3. The van der Waals surface area contributed by atoms with Crippen molar-refractivity contribution in [3.63, 3.8) is 0 Å². The van der Waals surface area contributed by atoms with Crippen molar-refractivity contribution < 1.29 is 18.6 Å². The maximum absolute atomic E-state index is 12.9. The van der Waals surface area contributed by atoms with Gasteiger partial charge in [0.2, 0.25) is 0 Å². The highest BCUT2D eigenvalue weighted by atomic mass is 127. The predicted molar refractivity (Wildman–Crippen MR) is 131 cm³/mol. The Balaban J connectivity index is 0.00000341. The number of benzene rings is 2. The summed E-state index contributed by atoms with van der Waals surface area (Å²) in [4.78, 5) is 4.27. The Morgan fingerprint density at radius 2 is 2.00 bits per heavy atom. The Kier molecular flexibility index (Phi) is 10.9. The largest absolute Gasteiger partial charge is 0.494 e. The molecule has 0 radical (unpaired) electrons. The van der Waals surface area contributed by atoms with Gasteiger partial charge in [-0.3, -0.25) is 4.99 Å². The first-order valence-electron chi connectivity index (χ1n) is 10.3. The lowest BCUT2D eigenvalue weighted by molar-refractivity contribution is 0.140. The molecule has 1 unspecified atom stereocenters. The first-order chi connectivity index (χ1) is 14.6. The Morgan fingerprint density at radius 3 is 2.71 bits per heavy atom. The van der Waals surface area contributed by atoms with Crippen molar-refractivity contribution in [2.45, 2.75) is 32.4 Å². The number of aliphatic imine (C=N–C) groups is 1. The number of nitrogens with zero attached hydrogens (tertiary/aromatic N) is 1. The number of halogens is 2. The lowest BCUT2D eigenvalue weighted by Gasteiger charge is -2.18. The molecule has 6 nitrogen and oxygen atoms in total.